The van der Waals surface area contributed by atoms with Crippen LogP contribution >= 0.6 is 0 Å². The van der Waals surface area contributed by atoms with Gasteiger partial charge in [-0.1, -0.05) is 12.1 Å². The predicted octanol–water partition coefficient (Wildman–Crippen LogP) is 2.56. The smallest absolute Gasteiger partial charge is 0.466 e. The minimum absolute atomic E-state index is 0.0458. The maximum atomic E-state index is 13.0. The predicted molar refractivity (Wildman–Crippen MR) is 106 cm³/mol. The zero-order valence-electron chi connectivity index (χ0n) is 17.0. The van der Waals surface area contributed by atoms with Crippen LogP contribution in [0.15, 0.2) is 39.9 Å². The van der Waals surface area contributed by atoms with Crippen LogP contribution in [0.4, 0.5) is 13.2 Å². The Labute approximate surface area is 174 Å². The third-order valence-electron chi connectivity index (χ3n) is 4.73. The van der Waals surface area contributed by atoms with E-state index in [2.05, 4.69) is 4.74 Å². The van der Waals surface area contributed by atoms with E-state index >= 15 is 0 Å². The molecule has 8 nitrogen and oxygen atoms in total. The molecular formula is C20H20F3N3O5. The van der Waals surface area contributed by atoms with Gasteiger partial charge in [0.15, 0.2) is 0 Å². The van der Waals surface area contributed by atoms with Crippen molar-refractivity contribution in [1.82, 2.24) is 13.7 Å². The van der Waals surface area contributed by atoms with Crippen molar-refractivity contribution >= 4 is 17.0 Å². The summed E-state index contributed by atoms with van der Waals surface area (Å²) in [6.07, 6.45) is -4.56. The minimum atomic E-state index is -4.83. The molecule has 3 rings (SSSR count). The Kier molecular flexibility index (Phi) is 5.96. The van der Waals surface area contributed by atoms with Crippen LogP contribution in [0.3, 0.4) is 0 Å². The lowest BCUT2D eigenvalue weighted by Gasteiger charge is -2.11. The summed E-state index contributed by atoms with van der Waals surface area (Å²) in [6.45, 7) is 1.37. The fourth-order valence-electron chi connectivity index (χ4n) is 3.36. The van der Waals surface area contributed by atoms with Crippen molar-refractivity contribution in [2.45, 2.75) is 26.3 Å². The lowest BCUT2D eigenvalue weighted by molar-refractivity contribution is -0.274. The van der Waals surface area contributed by atoms with Crippen LogP contribution < -0.4 is 16.0 Å². The second-order valence-electron chi connectivity index (χ2n) is 6.89. The number of nitrogens with zero attached hydrogens (tertiary/aromatic N) is 3. The first-order valence-electron chi connectivity index (χ1n) is 9.28. The molecule has 0 fully saturated rings. The van der Waals surface area contributed by atoms with Gasteiger partial charge in [0.25, 0.3) is 5.56 Å². The minimum Gasteiger partial charge on any atom is -0.466 e. The molecule has 1 aromatic carbocycles. The van der Waals surface area contributed by atoms with Gasteiger partial charge in [-0.25, -0.2) is 4.79 Å². The molecule has 0 unspecified atom stereocenters. The average Bonchev–Trinajstić information content (AvgIpc) is 3.02. The van der Waals surface area contributed by atoms with Gasteiger partial charge in [0.05, 0.1) is 17.8 Å². The second-order valence-corrected chi connectivity index (χ2v) is 6.89. The maximum absolute atomic E-state index is 13.0. The number of esters is 1. The van der Waals surface area contributed by atoms with Crippen molar-refractivity contribution in [2.75, 3.05) is 6.61 Å². The topological polar surface area (TPSA) is 84.5 Å². The summed E-state index contributed by atoms with van der Waals surface area (Å²) < 4.78 is 50.3. The number of hydrogen-bond acceptors (Lipinski definition) is 5. The monoisotopic (exact) mass is 439 g/mol. The standard InChI is InChI=1S/C20H20F3N3O5/c1-12(27)30-9-5-8-26-18(28)17-16(25(3)19(26)29)11-15(24(17)2)13-6-4-7-14(10-13)31-20(21,22)23/h4,6-7,10-11H,5,8-9H2,1-3H3. The molecule has 2 heterocycles. The number of carbonyl (C=O) groups is 1. The molecule has 11 heteroatoms. The molecule has 3 aromatic rings. The zero-order chi connectivity index (χ0) is 22.9. The average molecular weight is 439 g/mol. The number of aromatic nitrogens is 3. The Morgan fingerprint density at radius 1 is 1.10 bits per heavy atom. The highest BCUT2D eigenvalue weighted by atomic mass is 19.4. The van der Waals surface area contributed by atoms with Gasteiger partial charge < -0.3 is 14.0 Å². The lowest BCUT2D eigenvalue weighted by atomic mass is 10.1. The highest BCUT2D eigenvalue weighted by molar-refractivity contribution is 5.83. The summed E-state index contributed by atoms with van der Waals surface area (Å²) in [4.78, 5) is 36.5. The van der Waals surface area contributed by atoms with Crippen molar-refractivity contribution in [1.29, 1.82) is 0 Å². The molecule has 31 heavy (non-hydrogen) atoms. The van der Waals surface area contributed by atoms with Crippen molar-refractivity contribution in [3.05, 3.63) is 51.2 Å². The van der Waals surface area contributed by atoms with Crippen molar-refractivity contribution < 1.29 is 27.4 Å². The third-order valence-corrected chi connectivity index (χ3v) is 4.73. The number of halogens is 3. The number of hydrogen-bond donors (Lipinski definition) is 0. The molecule has 0 N–H and O–H groups in total. The molecule has 0 spiro atoms. The number of rotatable bonds is 6. The van der Waals surface area contributed by atoms with Crippen LogP contribution in [0.2, 0.25) is 0 Å². The largest absolute Gasteiger partial charge is 0.573 e. The molecule has 2 aromatic heterocycles. The van der Waals surface area contributed by atoms with Crippen molar-refractivity contribution in [2.24, 2.45) is 14.1 Å². The number of ether oxygens (including phenoxy) is 2. The van der Waals surface area contributed by atoms with Gasteiger partial charge in [0.2, 0.25) is 0 Å². The van der Waals surface area contributed by atoms with E-state index < -0.39 is 29.3 Å². The van der Waals surface area contributed by atoms with Gasteiger partial charge in [-0.3, -0.25) is 18.7 Å². The number of benzene rings is 1. The van der Waals surface area contributed by atoms with Crippen LogP contribution in [0.1, 0.15) is 13.3 Å². The van der Waals surface area contributed by atoms with E-state index in [1.54, 1.807) is 19.2 Å². The Morgan fingerprint density at radius 3 is 2.45 bits per heavy atom. The molecule has 166 valence electrons. The number of carbonyl (C=O) groups excluding carboxylic acids is 1. The number of aryl methyl sites for hydroxylation is 2. The molecule has 0 aliphatic heterocycles. The molecule has 0 aliphatic carbocycles. The van der Waals surface area contributed by atoms with Crippen molar-refractivity contribution in [3.63, 3.8) is 0 Å². The SMILES string of the molecule is CC(=O)OCCCn1c(=O)c2c(cc(-c3cccc(OC(F)(F)F)c3)n2C)n(C)c1=O. The summed E-state index contributed by atoms with van der Waals surface area (Å²) >= 11 is 0. The fraction of sp³-hybridized carbons (Fsp3) is 0.350. The first-order valence-corrected chi connectivity index (χ1v) is 9.28. The van der Waals surface area contributed by atoms with E-state index in [0.717, 1.165) is 4.57 Å². The van der Waals surface area contributed by atoms with Crippen molar-refractivity contribution in [3.8, 4) is 17.0 Å². The van der Waals surface area contributed by atoms with Crippen LogP contribution in [0.25, 0.3) is 22.3 Å². The van der Waals surface area contributed by atoms with Gasteiger partial charge in [0, 0.05) is 33.1 Å². The van der Waals surface area contributed by atoms with Gasteiger partial charge >= 0.3 is 18.0 Å². The Hall–Kier alpha value is -3.50. The normalized spacial score (nSPS) is 11.7. The lowest BCUT2D eigenvalue weighted by Crippen LogP contribution is -2.39. The quantitative estimate of drug-likeness (QED) is 0.436. The van der Waals surface area contributed by atoms with E-state index in [1.165, 1.54) is 41.3 Å². The van der Waals surface area contributed by atoms with Crippen LogP contribution in [0, 0.1) is 0 Å². The van der Waals surface area contributed by atoms with Crippen LogP contribution in [0.5, 0.6) is 5.75 Å². The van der Waals surface area contributed by atoms with Crippen LogP contribution in [-0.4, -0.2) is 32.6 Å². The van der Waals surface area contributed by atoms with Gasteiger partial charge in [-0.05, 0) is 24.6 Å². The van der Waals surface area contributed by atoms with E-state index in [-0.39, 0.29) is 25.1 Å². The van der Waals surface area contributed by atoms with Gasteiger partial charge in [-0.2, -0.15) is 0 Å². The molecule has 0 saturated carbocycles. The number of fused-ring (bicyclic) bond motifs is 1. The Morgan fingerprint density at radius 2 is 1.81 bits per heavy atom. The van der Waals surface area contributed by atoms with Gasteiger partial charge in [0.1, 0.15) is 11.3 Å². The van der Waals surface area contributed by atoms with E-state index in [4.69, 9.17) is 4.74 Å². The highest BCUT2D eigenvalue weighted by Gasteiger charge is 2.31. The Balaban J connectivity index is 2.06. The molecule has 0 aliphatic rings. The summed E-state index contributed by atoms with van der Waals surface area (Å²) in [5.74, 6) is -0.855. The van der Waals surface area contributed by atoms with E-state index in [1.807, 2.05) is 0 Å². The molecule has 0 amide bonds. The molecule has 0 saturated heterocycles. The zero-order valence-corrected chi connectivity index (χ0v) is 17.0. The molecule has 0 atom stereocenters. The second kappa shape index (κ2) is 8.32. The summed E-state index contributed by atoms with van der Waals surface area (Å²) in [5.41, 5.74) is 0.280. The third kappa shape index (κ3) is 4.65. The molecule has 0 bridgehead atoms. The summed E-state index contributed by atoms with van der Waals surface area (Å²) in [5, 5.41) is 0. The first kappa shape index (κ1) is 22.2. The molecular weight excluding hydrogens is 419 g/mol. The van der Waals surface area contributed by atoms with E-state index in [9.17, 15) is 27.6 Å². The van der Waals surface area contributed by atoms with Gasteiger partial charge in [-0.15, -0.1) is 13.2 Å². The van der Waals surface area contributed by atoms with E-state index in [0.29, 0.717) is 16.8 Å². The Bertz CT molecular complexity index is 1250. The summed E-state index contributed by atoms with van der Waals surface area (Å²) in [7, 11) is 3.09. The maximum Gasteiger partial charge on any atom is 0.573 e. The number of alkyl halides is 3. The van der Waals surface area contributed by atoms with Crippen LogP contribution in [-0.2, 0) is 30.2 Å². The fourth-order valence-corrected chi connectivity index (χ4v) is 3.36. The summed E-state index contributed by atoms with van der Waals surface area (Å²) in [6, 6.07) is 6.92. The first-order chi connectivity index (χ1) is 14.5. The molecule has 0 radical (unpaired) electrons. The highest BCUT2D eigenvalue weighted by Crippen LogP contribution is 2.30.